The van der Waals surface area contributed by atoms with E-state index < -0.39 is 5.41 Å². The van der Waals surface area contributed by atoms with Gasteiger partial charge in [-0.05, 0) is 6.42 Å². The average Bonchev–Trinajstić information content (AvgIpc) is 2.30. The maximum Gasteiger partial charge on any atom is 0.251 e. The largest absolute Gasteiger partial charge is 0.302 e. The number of amides is 1. The molecule has 0 unspecified atom stereocenters. The standard InChI is InChI=1S/C11H10ClNO3S/c12-6-4-13-9(16)11(10(13)17-5-6)7(14)2-1-3-8(11)15/h4,10H,1-3,5H2/t10-/m0/s1. The molecule has 6 heteroatoms. The Kier molecular flexibility index (Phi) is 2.38. The molecule has 1 spiro atoms. The first-order chi connectivity index (χ1) is 8.08. The molecule has 1 saturated carbocycles. The molecule has 0 aromatic carbocycles. The van der Waals surface area contributed by atoms with Gasteiger partial charge in [-0.2, -0.15) is 0 Å². The normalized spacial score (nSPS) is 31.1. The van der Waals surface area contributed by atoms with Gasteiger partial charge in [0.05, 0.1) is 0 Å². The van der Waals surface area contributed by atoms with E-state index >= 15 is 0 Å². The number of ketones is 2. The van der Waals surface area contributed by atoms with E-state index in [4.69, 9.17) is 11.6 Å². The lowest BCUT2D eigenvalue weighted by Crippen LogP contribution is -2.73. The van der Waals surface area contributed by atoms with Crippen molar-refractivity contribution in [1.29, 1.82) is 0 Å². The van der Waals surface area contributed by atoms with E-state index in [0.29, 0.717) is 30.0 Å². The Labute approximate surface area is 107 Å². The highest BCUT2D eigenvalue weighted by Gasteiger charge is 2.70. The maximum absolute atomic E-state index is 12.1. The molecule has 4 nitrogen and oxygen atoms in total. The second-order valence-corrected chi connectivity index (χ2v) is 6.01. The van der Waals surface area contributed by atoms with Crippen LogP contribution < -0.4 is 0 Å². The number of halogens is 1. The van der Waals surface area contributed by atoms with E-state index in [1.807, 2.05) is 0 Å². The van der Waals surface area contributed by atoms with Gasteiger partial charge >= 0.3 is 0 Å². The number of carbonyl (C=O) groups excluding carboxylic acids is 3. The van der Waals surface area contributed by atoms with E-state index in [1.54, 1.807) is 6.20 Å². The molecule has 3 rings (SSSR count). The lowest BCUT2D eigenvalue weighted by Gasteiger charge is -2.54. The third-order valence-corrected chi connectivity index (χ3v) is 5.30. The van der Waals surface area contributed by atoms with E-state index in [9.17, 15) is 14.4 Å². The lowest BCUT2D eigenvalue weighted by atomic mass is 9.65. The van der Waals surface area contributed by atoms with Gasteiger partial charge in [-0.1, -0.05) is 11.6 Å². The lowest BCUT2D eigenvalue weighted by molar-refractivity contribution is -0.171. The Morgan fingerprint density at radius 2 is 1.94 bits per heavy atom. The SMILES string of the molecule is O=C1CCCC(=O)C12C(=O)N1C=C(Cl)CS[C@H]12. The summed E-state index contributed by atoms with van der Waals surface area (Å²) in [5.74, 6) is -0.251. The van der Waals surface area contributed by atoms with Crippen LogP contribution in [-0.4, -0.2) is 33.5 Å². The van der Waals surface area contributed by atoms with Crippen LogP contribution in [-0.2, 0) is 14.4 Å². The van der Waals surface area contributed by atoms with Crippen molar-refractivity contribution in [2.75, 3.05) is 5.75 Å². The summed E-state index contributed by atoms with van der Waals surface area (Å²) in [7, 11) is 0. The summed E-state index contributed by atoms with van der Waals surface area (Å²) in [6.07, 6.45) is 2.78. The summed E-state index contributed by atoms with van der Waals surface area (Å²) in [5, 5.41) is 0.211. The quantitative estimate of drug-likeness (QED) is 0.492. The number of β-lactam (4-membered cyclic amide) rings is 1. The number of Topliss-reactive ketones (excluding diaryl/α,β-unsaturated/α-hetero) is 2. The molecule has 0 radical (unpaired) electrons. The Morgan fingerprint density at radius 1 is 1.29 bits per heavy atom. The molecular weight excluding hydrogens is 262 g/mol. The van der Waals surface area contributed by atoms with Crippen LogP contribution in [0.3, 0.4) is 0 Å². The second kappa shape index (κ2) is 3.59. The Hall–Kier alpha value is -0.810. The van der Waals surface area contributed by atoms with Gasteiger partial charge in [-0.3, -0.25) is 14.4 Å². The van der Waals surface area contributed by atoms with Crippen molar-refractivity contribution in [3.63, 3.8) is 0 Å². The zero-order valence-corrected chi connectivity index (χ0v) is 10.5. The molecule has 17 heavy (non-hydrogen) atoms. The maximum atomic E-state index is 12.1. The third kappa shape index (κ3) is 1.24. The number of fused-ring (bicyclic) bond motifs is 2. The molecule has 1 saturated heterocycles. The van der Waals surface area contributed by atoms with Crippen LogP contribution in [0, 0.1) is 5.41 Å². The fraction of sp³-hybridized carbons (Fsp3) is 0.545. The van der Waals surface area contributed by atoms with Gasteiger partial charge in [0.2, 0.25) is 0 Å². The van der Waals surface area contributed by atoms with Crippen molar-refractivity contribution in [2.24, 2.45) is 5.41 Å². The number of thioether (sulfide) groups is 1. The summed E-state index contributed by atoms with van der Waals surface area (Å²) in [5.41, 5.74) is -1.38. The summed E-state index contributed by atoms with van der Waals surface area (Å²) in [4.78, 5) is 37.6. The van der Waals surface area contributed by atoms with E-state index in [2.05, 4.69) is 0 Å². The number of carbonyl (C=O) groups is 3. The van der Waals surface area contributed by atoms with E-state index in [-0.39, 0.29) is 22.8 Å². The van der Waals surface area contributed by atoms with Crippen molar-refractivity contribution in [3.8, 4) is 0 Å². The summed E-state index contributed by atoms with van der Waals surface area (Å²) in [6.45, 7) is 0. The zero-order chi connectivity index (χ0) is 12.2. The second-order valence-electron chi connectivity index (χ2n) is 4.46. The predicted octanol–water partition coefficient (Wildman–Crippen LogP) is 1.29. The molecule has 0 aromatic rings. The van der Waals surface area contributed by atoms with Crippen LogP contribution in [0.25, 0.3) is 0 Å². The summed E-state index contributed by atoms with van der Waals surface area (Å²) in [6, 6.07) is 0. The van der Waals surface area contributed by atoms with E-state index in [0.717, 1.165) is 0 Å². The van der Waals surface area contributed by atoms with Gasteiger partial charge in [-0.15, -0.1) is 11.8 Å². The topological polar surface area (TPSA) is 54.5 Å². The fourth-order valence-electron chi connectivity index (χ4n) is 2.71. The Bertz CT molecular complexity index is 457. The Morgan fingerprint density at radius 3 is 2.59 bits per heavy atom. The number of hydrogen-bond donors (Lipinski definition) is 0. The first-order valence-electron chi connectivity index (χ1n) is 5.45. The highest BCUT2D eigenvalue weighted by molar-refractivity contribution is 8.00. The van der Waals surface area contributed by atoms with Gasteiger partial charge in [0.25, 0.3) is 5.91 Å². The highest BCUT2D eigenvalue weighted by atomic mass is 35.5. The third-order valence-electron chi connectivity index (χ3n) is 3.54. The van der Waals surface area contributed by atoms with Gasteiger partial charge < -0.3 is 4.90 Å². The monoisotopic (exact) mass is 271 g/mol. The summed E-state index contributed by atoms with van der Waals surface area (Å²) < 4.78 is 0. The smallest absolute Gasteiger partial charge is 0.251 e. The molecule has 3 aliphatic rings. The molecule has 0 aromatic heterocycles. The molecule has 1 atom stereocenters. The van der Waals surface area contributed by atoms with Gasteiger partial charge in [-0.25, -0.2) is 0 Å². The summed E-state index contributed by atoms with van der Waals surface area (Å²) >= 11 is 7.25. The zero-order valence-electron chi connectivity index (χ0n) is 8.94. The van der Waals surface area contributed by atoms with Gasteiger partial charge in [0.1, 0.15) is 5.37 Å². The fourth-order valence-corrected chi connectivity index (χ4v) is 4.33. The highest BCUT2D eigenvalue weighted by Crippen LogP contribution is 2.52. The molecule has 0 bridgehead atoms. The van der Waals surface area contributed by atoms with Crippen LogP contribution in [0.2, 0.25) is 0 Å². The molecule has 1 amide bonds. The number of nitrogens with zero attached hydrogens (tertiary/aromatic N) is 1. The van der Waals surface area contributed by atoms with Gasteiger partial charge in [0.15, 0.2) is 17.0 Å². The first kappa shape index (κ1) is 11.3. The van der Waals surface area contributed by atoms with Crippen molar-refractivity contribution < 1.29 is 14.4 Å². The molecule has 90 valence electrons. The van der Waals surface area contributed by atoms with Crippen molar-refractivity contribution >= 4 is 40.8 Å². The van der Waals surface area contributed by atoms with Crippen LogP contribution in [0.15, 0.2) is 11.2 Å². The first-order valence-corrected chi connectivity index (χ1v) is 6.88. The van der Waals surface area contributed by atoms with Crippen molar-refractivity contribution in [3.05, 3.63) is 11.2 Å². The van der Waals surface area contributed by atoms with Crippen LogP contribution in [0.4, 0.5) is 0 Å². The average molecular weight is 272 g/mol. The molecule has 2 aliphatic heterocycles. The van der Waals surface area contributed by atoms with Crippen molar-refractivity contribution in [1.82, 2.24) is 4.90 Å². The molecule has 2 fully saturated rings. The Balaban J connectivity index is 2.02. The van der Waals surface area contributed by atoms with Crippen LogP contribution in [0.5, 0.6) is 0 Å². The van der Waals surface area contributed by atoms with Crippen molar-refractivity contribution in [2.45, 2.75) is 24.6 Å². The molecule has 1 aliphatic carbocycles. The molecular formula is C11H10ClNO3S. The van der Waals surface area contributed by atoms with Crippen LogP contribution in [0.1, 0.15) is 19.3 Å². The van der Waals surface area contributed by atoms with E-state index in [1.165, 1.54) is 16.7 Å². The minimum atomic E-state index is -1.38. The van der Waals surface area contributed by atoms with Crippen LogP contribution >= 0.6 is 23.4 Å². The molecule has 2 heterocycles. The minimum Gasteiger partial charge on any atom is -0.302 e. The molecule has 0 N–H and O–H groups in total. The van der Waals surface area contributed by atoms with Gasteiger partial charge in [0, 0.05) is 29.8 Å². The minimum absolute atomic E-state index is 0.209. The predicted molar refractivity (Wildman–Crippen MR) is 63.3 cm³/mol. The number of rotatable bonds is 0. The number of hydrogen-bond acceptors (Lipinski definition) is 4.